The van der Waals surface area contributed by atoms with Crippen molar-refractivity contribution >= 4 is 171 Å². The van der Waals surface area contributed by atoms with Gasteiger partial charge in [-0.15, -0.1) is 0 Å². The molecule has 0 spiro atoms. The number of fused-ring (bicyclic) bond motifs is 3. The van der Waals surface area contributed by atoms with Crippen LogP contribution < -0.4 is 34.3 Å². The van der Waals surface area contributed by atoms with Crippen molar-refractivity contribution in [2.24, 2.45) is 11.7 Å². The second kappa shape index (κ2) is 33.8. The van der Waals surface area contributed by atoms with Crippen molar-refractivity contribution in [1.29, 1.82) is 5.26 Å². The number of anilines is 3. The number of hydrogen-bond acceptors (Lipinski definition) is 16. The van der Waals surface area contributed by atoms with Gasteiger partial charge < -0.3 is 55.7 Å². The Hall–Kier alpha value is -4.13. The summed E-state index contributed by atoms with van der Waals surface area (Å²) >= 11 is 32.9. The molecule has 6 heterocycles. The molecule has 40 heteroatoms. The Balaban J connectivity index is 0.000000397. The van der Waals surface area contributed by atoms with E-state index in [9.17, 15) is 43.9 Å². The molecular weight excluding hydrogens is 1560 g/mol. The fraction of sp³-hybridized carbons (Fsp3) is 0.491. The Morgan fingerprint density at radius 3 is 1.23 bits per heavy atom. The SMILES string of the molecule is CC1(C)OB(B2OC(C)(C)C(C)(C)O2)OC1(C)C.CC1(C)OB(c2ccc(Cl)c3c(N)nn(CC(F)(F)F)c23)OC1(C)C.CCC(F)(F)F.CCO.N#Cc1c(Cl)ccc(Br)c1F.NN.Nc1n[nH]c2c(Br)ccc(Cl)c12.Nc1nn(CC(F)(F)F)c2c(Br)ccc(Cl)c12.O. The first-order chi connectivity index (χ1) is 42.8. The number of nitrogens with zero attached hydrogens (tertiary/aromatic N) is 6. The standard InChI is InChI=1S/C15H18BClF3N3O2.C12H24B2O4.C9H6BrClF3N3.C7H2BrClFN.C7H5BrClN3.C3H5F3.C2H6O.H4N2.H2O/c1-13(2)14(3,4)25-16(24-13)8-5-6-9(17)10-11(8)23(22-12(10)21)7-15(18,19)20;1-9(2)10(3,4)16-13(15-9)14-17-11(5,6)12(7,8)18-14;10-4-1-2-5(11)6-7(4)17(16-8(6)15)3-9(12,13)14;8-5-1-2-6(9)4(3-11)7(5)10;8-3-1-2-4(9)5-6(3)11-12-7(5)10;1-2-3(4,5)6;1-2-3;1-2;/h5-6H,7H2,1-4H3,(H2,21,22);1-8H3;1-2H,3H2,(H2,15,16);1-2H;1-2H,(H3,10,11,12);2H2,1H3;3H,2H2,1H3;1-2H2;1H2. The van der Waals surface area contributed by atoms with Crippen molar-refractivity contribution in [3.8, 4) is 6.07 Å². The van der Waals surface area contributed by atoms with Crippen LogP contribution in [-0.2, 0) is 41.0 Å². The number of aromatic amines is 1. The number of nitrogen functional groups attached to an aromatic ring is 3. The number of rotatable bonds is 4. The van der Waals surface area contributed by atoms with Crippen LogP contribution in [0.1, 0.15) is 109 Å². The molecule has 0 unspecified atom stereocenters. The number of aromatic nitrogens is 6. The van der Waals surface area contributed by atoms with Gasteiger partial charge in [-0.2, -0.15) is 60.1 Å². The Morgan fingerprint density at radius 2 is 0.874 bits per heavy atom. The lowest BCUT2D eigenvalue weighted by Gasteiger charge is -2.32. The van der Waals surface area contributed by atoms with Gasteiger partial charge in [-0.1, -0.05) is 59.4 Å². The van der Waals surface area contributed by atoms with Crippen LogP contribution in [0.2, 0.25) is 20.1 Å². The van der Waals surface area contributed by atoms with Crippen molar-refractivity contribution in [3.05, 3.63) is 93.4 Å². The quantitative estimate of drug-likeness (QED) is 0.0283. The van der Waals surface area contributed by atoms with Gasteiger partial charge in [0.05, 0.1) is 90.9 Å². The van der Waals surface area contributed by atoms with E-state index in [4.69, 9.17) is 102 Å². The average molecular weight is 1630 g/mol. The van der Waals surface area contributed by atoms with E-state index in [2.05, 4.69) is 79.9 Å². The van der Waals surface area contributed by atoms with E-state index in [0.717, 1.165) is 31.7 Å². The van der Waals surface area contributed by atoms with E-state index in [1.807, 2.05) is 89.2 Å². The minimum Gasteiger partial charge on any atom is -0.412 e. The van der Waals surface area contributed by atoms with Crippen LogP contribution in [0.25, 0.3) is 32.7 Å². The predicted octanol–water partition coefficient (Wildman–Crippen LogP) is 14.6. The molecule has 10 rings (SSSR count). The molecule has 4 aromatic carbocycles. The summed E-state index contributed by atoms with van der Waals surface area (Å²) < 4.78 is 160. The van der Waals surface area contributed by atoms with E-state index in [1.165, 1.54) is 12.1 Å². The van der Waals surface area contributed by atoms with Crippen molar-refractivity contribution in [2.75, 3.05) is 23.8 Å². The third kappa shape index (κ3) is 22.2. The highest BCUT2D eigenvalue weighted by Crippen LogP contribution is 2.44. The number of nitrogens with two attached hydrogens (primary N) is 5. The lowest BCUT2D eigenvalue weighted by molar-refractivity contribution is -0.142. The molecule has 0 bridgehead atoms. The van der Waals surface area contributed by atoms with Crippen LogP contribution in [0.5, 0.6) is 0 Å². The maximum absolute atomic E-state index is 12.9. The highest BCUT2D eigenvalue weighted by molar-refractivity contribution is 9.11. The van der Waals surface area contributed by atoms with E-state index < -0.39 is 76.2 Å². The predicted molar refractivity (Wildman–Crippen MR) is 364 cm³/mol. The summed E-state index contributed by atoms with van der Waals surface area (Å²) in [5.41, 5.74) is 15.8. The zero-order valence-corrected chi connectivity index (χ0v) is 61.4. The molecular formula is C55H72B3Br3Cl4F10N12O8. The fourth-order valence-electron chi connectivity index (χ4n) is 8.04. The molecule has 3 aliphatic rings. The summed E-state index contributed by atoms with van der Waals surface area (Å²) in [6.07, 6.45) is -13.5. The molecule has 0 radical (unpaired) electrons. The second-order valence-electron chi connectivity index (χ2n) is 23.3. The largest absolute Gasteiger partial charge is 0.497 e. The zero-order valence-electron chi connectivity index (χ0n) is 53.6. The summed E-state index contributed by atoms with van der Waals surface area (Å²) in [6, 6.07) is 14.5. The van der Waals surface area contributed by atoms with Gasteiger partial charge in [0.25, 0.3) is 0 Å². The molecule has 95 heavy (non-hydrogen) atoms. The summed E-state index contributed by atoms with van der Waals surface area (Å²) in [7, 11) is -1.81. The van der Waals surface area contributed by atoms with Crippen LogP contribution in [0, 0.1) is 17.1 Å². The van der Waals surface area contributed by atoms with Crippen LogP contribution >= 0.6 is 94.2 Å². The van der Waals surface area contributed by atoms with Gasteiger partial charge in [0.1, 0.15) is 24.7 Å². The molecule has 0 aliphatic carbocycles. The smallest absolute Gasteiger partial charge is 0.412 e. The number of aliphatic hydroxyl groups is 1. The Kier molecular flexibility index (Phi) is 31.0. The van der Waals surface area contributed by atoms with Crippen LogP contribution in [-0.4, -0.2) is 120 Å². The van der Waals surface area contributed by atoms with Crippen molar-refractivity contribution in [3.63, 3.8) is 0 Å². The number of alkyl halides is 9. The number of halogens is 17. The summed E-state index contributed by atoms with van der Waals surface area (Å²) in [5, 5.41) is 32.7. The van der Waals surface area contributed by atoms with Crippen molar-refractivity contribution < 1.29 is 82.4 Å². The number of benzene rings is 4. The summed E-state index contributed by atoms with van der Waals surface area (Å²) in [4.78, 5) is 0. The number of nitriles is 1. The first-order valence-corrected chi connectivity index (χ1v) is 31.6. The first kappa shape index (κ1) is 87.0. The third-order valence-electron chi connectivity index (χ3n) is 14.9. The number of aliphatic hydroxyl groups excluding tert-OH is 1. The van der Waals surface area contributed by atoms with Crippen LogP contribution in [0.3, 0.4) is 0 Å². The van der Waals surface area contributed by atoms with Gasteiger partial charge >= 0.3 is 39.7 Å². The molecule has 0 saturated carbocycles. The summed E-state index contributed by atoms with van der Waals surface area (Å²) in [6.45, 7) is 24.2. The van der Waals surface area contributed by atoms with Crippen LogP contribution in [0.15, 0.2) is 61.9 Å². The van der Waals surface area contributed by atoms with Gasteiger partial charge in [-0.05, 0) is 180 Å². The van der Waals surface area contributed by atoms with Gasteiger partial charge in [-0.25, -0.2) is 4.39 Å². The molecule has 0 amide bonds. The van der Waals surface area contributed by atoms with Crippen LogP contribution in [0.4, 0.5) is 61.4 Å². The number of hydrogen-bond donors (Lipinski definition) is 7. The molecule has 0 atom stereocenters. The lowest BCUT2D eigenvalue weighted by Crippen LogP contribution is -2.41. The average Bonchev–Trinajstić information content (AvgIpc) is 1.61. The van der Waals surface area contributed by atoms with Crippen molar-refractivity contribution in [2.45, 2.75) is 169 Å². The van der Waals surface area contributed by atoms with Gasteiger partial charge in [0.15, 0.2) is 23.3 Å². The van der Waals surface area contributed by atoms with E-state index in [-0.39, 0.29) is 87.6 Å². The van der Waals surface area contributed by atoms with E-state index >= 15 is 0 Å². The maximum atomic E-state index is 12.9. The number of nitrogens with one attached hydrogen (secondary N) is 1. The van der Waals surface area contributed by atoms with Gasteiger partial charge in [-0.3, -0.25) is 26.1 Å². The third-order valence-corrected chi connectivity index (χ3v) is 18.0. The number of H-pyrrole nitrogens is 1. The first-order valence-electron chi connectivity index (χ1n) is 27.7. The summed E-state index contributed by atoms with van der Waals surface area (Å²) in [5.74, 6) is 7.73. The number of hydrazine groups is 1. The maximum Gasteiger partial charge on any atom is 0.497 e. The molecule has 528 valence electrons. The van der Waals surface area contributed by atoms with E-state index in [1.54, 1.807) is 43.3 Å². The molecule has 7 aromatic rings. The molecule has 3 saturated heterocycles. The normalized spacial score (nSPS) is 16.9. The topological polar surface area (TPSA) is 325 Å². The molecule has 20 nitrogen and oxygen atoms in total. The lowest BCUT2D eigenvalue weighted by atomic mass is 9.49. The zero-order chi connectivity index (χ0) is 72.6. The highest BCUT2D eigenvalue weighted by atomic mass is 79.9. The molecule has 3 fully saturated rings. The second-order valence-corrected chi connectivity index (χ2v) is 27.5. The monoisotopic (exact) mass is 1630 g/mol. The van der Waals surface area contributed by atoms with Crippen molar-refractivity contribution in [1.82, 2.24) is 29.8 Å². The van der Waals surface area contributed by atoms with Gasteiger partial charge in [0.2, 0.25) is 0 Å². The Bertz CT molecular complexity index is 3690. The fourth-order valence-corrected chi connectivity index (χ4v) is 10.3. The molecule has 14 N–H and O–H groups in total. The van der Waals surface area contributed by atoms with Gasteiger partial charge in [0, 0.05) is 27.4 Å². The highest BCUT2D eigenvalue weighted by Gasteiger charge is 2.64. The Labute approximate surface area is 588 Å². The van der Waals surface area contributed by atoms with E-state index in [0.29, 0.717) is 26.2 Å². The Morgan fingerprint density at radius 1 is 0.547 bits per heavy atom. The minimum absolute atomic E-state index is 0. The minimum atomic E-state index is -4.46. The molecule has 3 aromatic heterocycles. The molecule has 3 aliphatic heterocycles.